The molecule has 1 aromatic heterocycles. The van der Waals surface area contributed by atoms with E-state index in [0.29, 0.717) is 17.5 Å². The molecule has 2 heterocycles. The molecule has 1 aliphatic rings. The Hall–Kier alpha value is -2.49. The molecule has 1 amide bonds. The highest BCUT2D eigenvalue weighted by Crippen LogP contribution is 2.34. The number of carbonyl (C=O) groups excluding carboxylic acids is 1. The van der Waals surface area contributed by atoms with E-state index < -0.39 is 35.0 Å². The second-order valence-electron chi connectivity index (χ2n) is 5.80. The predicted octanol–water partition coefficient (Wildman–Crippen LogP) is 1.99. The first-order valence-electron chi connectivity index (χ1n) is 7.61. The summed E-state index contributed by atoms with van der Waals surface area (Å²) in [6.07, 6.45) is -3.65. The highest BCUT2D eigenvalue weighted by atomic mass is 19.4. The Morgan fingerprint density at radius 3 is 2.64 bits per heavy atom. The summed E-state index contributed by atoms with van der Waals surface area (Å²) in [6.45, 7) is 0.430. The van der Waals surface area contributed by atoms with E-state index in [1.165, 1.54) is 17.0 Å². The van der Waals surface area contributed by atoms with Gasteiger partial charge in [0.05, 0.1) is 0 Å². The van der Waals surface area contributed by atoms with Gasteiger partial charge in [0.25, 0.3) is 5.91 Å². The standard InChI is InChI=1S/C15H15F4N5O/c16-10-5-1-2-6-11(10)24-13(15(17,18)19)12(21-22-24)14(25)23-7-3-4-9(20)8-23/h1-2,5-6,9H,3-4,7-8,20H2. The van der Waals surface area contributed by atoms with Gasteiger partial charge >= 0.3 is 6.18 Å². The quantitative estimate of drug-likeness (QED) is 0.834. The van der Waals surface area contributed by atoms with Crippen LogP contribution in [-0.2, 0) is 6.18 Å². The summed E-state index contributed by atoms with van der Waals surface area (Å²) in [6, 6.07) is 4.54. The summed E-state index contributed by atoms with van der Waals surface area (Å²) < 4.78 is 54.8. The third-order valence-corrected chi connectivity index (χ3v) is 3.97. The predicted molar refractivity (Wildman–Crippen MR) is 79.4 cm³/mol. The Morgan fingerprint density at radius 2 is 2.00 bits per heavy atom. The molecule has 1 aliphatic heterocycles. The number of hydrogen-bond donors (Lipinski definition) is 1. The maximum Gasteiger partial charge on any atom is 0.435 e. The summed E-state index contributed by atoms with van der Waals surface area (Å²) in [5.41, 5.74) is 3.08. The SMILES string of the molecule is NC1CCCN(C(=O)c2nnn(-c3ccccc3F)c2C(F)(F)F)C1. The number of aromatic nitrogens is 3. The largest absolute Gasteiger partial charge is 0.435 e. The van der Waals surface area contributed by atoms with Gasteiger partial charge in [-0.1, -0.05) is 17.3 Å². The Kier molecular flexibility index (Phi) is 4.46. The van der Waals surface area contributed by atoms with Crippen molar-refractivity contribution in [2.24, 2.45) is 5.73 Å². The molecule has 1 fully saturated rings. The Bertz CT molecular complexity index is 788. The highest BCUT2D eigenvalue weighted by molar-refractivity contribution is 5.93. The highest BCUT2D eigenvalue weighted by Gasteiger charge is 2.43. The number of carbonyl (C=O) groups is 1. The van der Waals surface area contributed by atoms with Crippen LogP contribution < -0.4 is 5.73 Å². The van der Waals surface area contributed by atoms with Gasteiger partial charge in [0.2, 0.25) is 0 Å². The number of para-hydroxylation sites is 1. The first-order chi connectivity index (χ1) is 11.8. The van der Waals surface area contributed by atoms with E-state index in [1.54, 1.807) is 0 Å². The van der Waals surface area contributed by atoms with Crippen molar-refractivity contribution < 1.29 is 22.4 Å². The van der Waals surface area contributed by atoms with E-state index in [0.717, 1.165) is 12.1 Å². The number of benzene rings is 1. The molecule has 25 heavy (non-hydrogen) atoms. The van der Waals surface area contributed by atoms with Crippen LogP contribution in [0.5, 0.6) is 0 Å². The molecule has 0 bridgehead atoms. The average Bonchev–Trinajstić information content (AvgIpc) is 2.99. The number of nitrogens with zero attached hydrogens (tertiary/aromatic N) is 4. The van der Waals surface area contributed by atoms with Gasteiger partial charge < -0.3 is 10.6 Å². The first kappa shape index (κ1) is 17.3. The number of rotatable bonds is 2. The van der Waals surface area contributed by atoms with E-state index in [-0.39, 0.29) is 19.1 Å². The monoisotopic (exact) mass is 357 g/mol. The zero-order valence-electron chi connectivity index (χ0n) is 13.0. The number of likely N-dealkylation sites (tertiary alicyclic amines) is 1. The summed E-state index contributed by atoms with van der Waals surface area (Å²) in [4.78, 5) is 13.7. The number of hydrogen-bond acceptors (Lipinski definition) is 4. The molecule has 1 atom stereocenters. The van der Waals surface area contributed by atoms with Gasteiger partial charge in [0.1, 0.15) is 11.5 Å². The molecule has 2 N–H and O–H groups in total. The fourth-order valence-electron chi connectivity index (χ4n) is 2.82. The Labute approximate surface area is 140 Å². The summed E-state index contributed by atoms with van der Waals surface area (Å²) in [5.74, 6) is -1.82. The molecule has 10 heteroatoms. The third kappa shape index (κ3) is 3.34. The molecule has 2 aromatic rings. The van der Waals surface area contributed by atoms with E-state index in [4.69, 9.17) is 5.73 Å². The van der Waals surface area contributed by atoms with Crippen molar-refractivity contribution in [3.05, 3.63) is 41.5 Å². The summed E-state index contributed by atoms with van der Waals surface area (Å²) in [7, 11) is 0. The fourth-order valence-corrected chi connectivity index (χ4v) is 2.82. The van der Waals surface area contributed by atoms with Crippen molar-refractivity contribution in [1.29, 1.82) is 0 Å². The van der Waals surface area contributed by atoms with E-state index in [2.05, 4.69) is 10.3 Å². The van der Waals surface area contributed by atoms with Gasteiger partial charge in [-0.25, -0.2) is 9.07 Å². The zero-order chi connectivity index (χ0) is 18.2. The minimum absolute atomic E-state index is 0.142. The lowest BCUT2D eigenvalue weighted by Gasteiger charge is -2.30. The molecule has 6 nitrogen and oxygen atoms in total. The zero-order valence-corrected chi connectivity index (χ0v) is 13.0. The second-order valence-corrected chi connectivity index (χ2v) is 5.80. The van der Waals surface area contributed by atoms with Crippen LogP contribution in [0.15, 0.2) is 24.3 Å². The van der Waals surface area contributed by atoms with Crippen molar-refractivity contribution in [3.8, 4) is 5.69 Å². The molecule has 0 aliphatic carbocycles. The molecule has 1 aromatic carbocycles. The molecule has 0 spiro atoms. The van der Waals surface area contributed by atoms with Gasteiger partial charge in [0, 0.05) is 19.1 Å². The maximum atomic E-state index is 13.9. The molecule has 3 rings (SSSR count). The van der Waals surface area contributed by atoms with Crippen molar-refractivity contribution in [3.63, 3.8) is 0 Å². The van der Waals surface area contributed by atoms with E-state index in [1.807, 2.05) is 0 Å². The van der Waals surface area contributed by atoms with Crippen molar-refractivity contribution in [2.75, 3.05) is 13.1 Å². The lowest BCUT2D eigenvalue weighted by Crippen LogP contribution is -2.46. The Morgan fingerprint density at radius 1 is 1.28 bits per heavy atom. The average molecular weight is 357 g/mol. The Balaban J connectivity index is 2.06. The minimum atomic E-state index is -4.94. The van der Waals surface area contributed by atoms with Crippen molar-refractivity contribution in [2.45, 2.75) is 25.1 Å². The number of piperidine rings is 1. The van der Waals surface area contributed by atoms with Crippen LogP contribution in [0.3, 0.4) is 0 Å². The lowest BCUT2D eigenvalue weighted by molar-refractivity contribution is -0.143. The topological polar surface area (TPSA) is 77.0 Å². The van der Waals surface area contributed by atoms with Crippen LogP contribution in [0.1, 0.15) is 29.0 Å². The van der Waals surface area contributed by atoms with Crippen LogP contribution in [0.4, 0.5) is 17.6 Å². The normalized spacial score (nSPS) is 18.4. The molecule has 0 saturated carbocycles. The van der Waals surface area contributed by atoms with E-state index >= 15 is 0 Å². The summed E-state index contributed by atoms with van der Waals surface area (Å²) in [5, 5.41) is 6.77. The number of alkyl halides is 3. The first-order valence-corrected chi connectivity index (χ1v) is 7.61. The van der Waals surface area contributed by atoms with Gasteiger partial charge in [0.15, 0.2) is 11.4 Å². The van der Waals surface area contributed by atoms with Gasteiger partial charge in [-0.05, 0) is 25.0 Å². The lowest BCUT2D eigenvalue weighted by atomic mass is 10.1. The van der Waals surface area contributed by atoms with Gasteiger partial charge in [-0.15, -0.1) is 5.10 Å². The number of amides is 1. The van der Waals surface area contributed by atoms with Crippen molar-refractivity contribution in [1.82, 2.24) is 19.9 Å². The molecular formula is C15H15F4N5O. The third-order valence-electron chi connectivity index (χ3n) is 3.97. The molecule has 0 radical (unpaired) electrons. The van der Waals surface area contributed by atoms with E-state index in [9.17, 15) is 22.4 Å². The van der Waals surface area contributed by atoms with Gasteiger partial charge in [-0.3, -0.25) is 4.79 Å². The fraction of sp³-hybridized carbons (Fsp3) is 0.400. The minimum Gasteiger partial charge on any atom is -0.336 e. The molecule has 134 valence electrons. The second kappa shape index (κ2) is 6.43. The van der Waals surface area contributed by atoms with Crippen molar-refractivity contribution >= 4 is 5.91 Å². The number of nitrogens with two attached hydrogens (primary N) is 1. The maximum absolute atomic E-state index is 13.9. The van der Waals surface area contributed by atoms with Gasteiger partial charge in [-0.2, -0.15) is 13.2 Å². The van der Waals surface area contributed by atoms with Crippen LogP contribution in [-0.4, -0.2) is 44.9 Å². The summed E-state index contributed by atoms with van der Waals surface area (Å²) >= 11 is 0. The molecule has 1 unspecified atom stereocenters. The number of halogens is 4. The molecular weight excluding hydrogens is 342 g/mol. The van der Waals surface area contributed by atoms with Crippen LogP contribution >= 0.6 is 0 Å². The molecule has 1 saturated heterocycles. The van der Waals surface area contributed by atoms with Crippen LogP contribution in [0.25, 0.3) is 5.69 Å². The van der Waals surface area contributed by atoms with Crippen LogP contribution in [0.2, 0.25) is 0 Å². The van der Waals surface area contributed by atoms with Crippen LogP contribution in [0, 0.1) is 5.82 Å². The smallest absolute Gasteiger partial charge is 0.336 e.